The number of rotatable bonds is 5. The number of amides is 1. The van der Waals surface area contributed by atoms with Crippen molar-refractivity contribution >= 4 is 23.1 Å². The molecule has 3 nitrogen and oxygen atoms in total. The molecule has 92 valence electrons. The van der Waals surface area contributed by atoms with Gasteiger partial charge in [0.15, 0.2) is 0 Å². The molecule has 0 aromatic rings. The van der Waals surface area contributed by atoms with Gasteiger partial charge in [0.05, 0.1) is 11.0 Å². The third-order valence-corrected chi connectivity index (χ3v) is 3.50. The van der Waals surface area contributed by atoms with E-state index in [2.05, 4.69) is 12.2 Å². The molecule has 0 heterocycles. The summed E-state index contributed by atoms with van der Waals surface area (Å²) in [5.41, 5.74) is 5.62. The van der Waals surface area contributed by atoms with Gasteiger partial charge in [0, 0.05) is 5.92 Å². The molecule has 16 heavy (non-hydrogen) atoms. The van der Waals surface area contributed by atoms with E-state index in [1.54, 1.807) is 0 Å². The lowest BCUT2D eigenvalue weighted by Gasteiger charge is -2.24. The van der Waals surface area contributed by atoms with Crippen LogP contribution in [0, 0.1) is 5.92 Å². The number of thiocarbonyl (C=S) groups is 1. The molecule has 0 saturated heterocycles. The first-order valence-corrected chi connectivity index (χ1v) is 6.65. The number of hydrogen-bond donors (Lipinski definition) is 2. The monoisotopic (exact) mass is 242 g/mol. The van der Waals surface area contributed by atoms with E-state index < -0.39 is 0 Å². The third-order valence-electron chi connectivity index (χ3n) is 3.21. The van der Waals surface area contributed by atoms with Crippen molar-refractivity contribution in [2.45, 2.75) is 57.9 Å². The summed E-state index contributed by atoms with van der Waals surface area (Å²) in [7, 11) is 0. The van der Waals surface area contributed by atoms with Crippen molar-refractivity contribution in [1.82, 2.24) is 5.32 Å². The molecule has 1 aliphatic rings. The van der Waals surface area contributed by atoms with Gasteiger partial charge in [-0.3, -0.25) is 4.79 Å². The fraction of sp³-hybridized carbons (Fsp3) is 0.833. The van der Waals surface area contributed by atoms with Gasteiger partial charge in [-0.15, -0.1) is 0 Å². The Morgan fingerprint density at radius 2 is 2.06 bits per heavy atom. The third kappa shape index (κ3) is 4.08. The molecule has 0 aliphatic heterocycles. The topological polar surface area (TPSA) is 55.1 Å². The van der Waals surface area contributed by atoms with Gasteiger partial charge in [-0.1, -0.05) is 44.8 Å². The molecule has 0 spiro atoms. The number of nitrogens with one attached hydrogen (secondary N) is 1. The first-order chi connectivity index (χ1) is 7.65. The molecular formula is C12H22N2OS. The van der Waals surface area contributed by atoms with Crippen molar-refractivity contribution in [1.29, 1.82) is 0 Å². The van der Waals surface area contributed by atoms with Crippen LogP contribution in [-0.2, 0) is 4.79 Å². The van der Waals surface area contributed by atoms with E-state index in [4.69, 9.17) is 18.0 Å². The van der Waals surface area contributed by atoms with Crippen LogP contribution in [0.5, 0.6) is 0 Å². The minimum absolute atomic E-state index is 0.116. The van der Waals surface area contributed by atoms with Gasteiger partial charge >= 0.3 is 0 Å². The van der Waals surface area contributed by atoms with Crippen LogP contribution in [0.2, 0.25) is 0 Å². The smallest absolute Gasteiger partial charge is 0.223 e. The van der Waals surface area contributed by atoms with Crippen molar-refractivity contribution in [2.24, 2.45) is 11.7 Å². The molecule has 1 amide bonds. The zero-order chi connectivity index (χ0) is 12.0. The minimum atomic E-state index is -0.116. The van der Waals surface area contributed by atoms with Crippen molar-refractivity contribution in [3.63, 3.8) is 0 Å². The van der Waals surface area contributed by atoms with Crippen LogP contribution in [0.15, 0.2) is 0 Å². The second-order valence-electron chi connectivity index (χ2n) is 4.59. The molecule has 1 fully saturated rings. The summed E-state index contributed by atoms with van der Waals surface area (Å²) in [4.78, 5) is 12.4. The maximum absolute atomic E-state index is 12.0. The van der Waals surface area contributed by atoms with Crippen LogP contribution in [0.4, 0.5) is 0 Å². The van der Waals surface area contributed by atoms with Crippen LogP contribution in [-0.4, -0.2) is 16.9 Å². The van der Waals surface area contributed by atoms with E-state index in [0.29, 0.717) is 4.99 Å². The Morgan fingerprint density at radius 1 is 1.44 bits per heavy atom. The first kappa shape index (κ1) is 13.4. The standard InChI is InChI=1S/C12H22N2OS/c1-2-6-10(11(13)16)14-12(15)9-7-4-3-5-8-9/h9-10H,2-8H2,1H3,(H2,13,16)(H,14,15). The molecular weight excluding hydrogens is 220 g/mol. The van der Waals surface area contributed by atoms with Crippen molar-refractivity contribution in [3.8, 4) is 0 Å². The Kier molecular flexibility index (Phi) is 5.74. The van der Waals surface area contributed by atoms with Crippen LogP contribution >= 0.6 is 12.2 Å². The quantitative estimate of drug-likeness (QED) is 0.726. The molecule has 3 N–H and O–H groups in total. The second-order valence-corrected chi connectivity index (χ2v) is 5.06. The highest BCUT2D eigenvalue weighted by Gasteiger charge is 2.23. The fourth-order valence-corrected chi connectivity index (χ4v) is 2.41. The van der Waals surface area contributed by atoms with E-state index in [1.165, 1.54) is 19.3 Å². The molecule has 0 bridgehead atoms. The molecule has 1 atom stereocenters. The molecule has 1 aliphatic carbocycles. The van der Waals surface area contributed by atoms with Gasteiger partial charge in [0.2, 0.25) is 5.91 Å². The van der Waals surface area contributed by atoms with E-state index in [-0.39, 0.29) is 17.9 Å². The predicted octanol–water partition coefficient (Wildman–Crippen LogP) is 2.14. The van der Waals surface area contributed by atoms with Gasteiger partial charge in [0.1, 0.15) is 0 Å². The number of hydrogen-bond acceptors (Lipinski definition) is 2. The summed E-state index contributed by atoms with van der Waals surface area (Å²) in [6, 6.07) is -0.116. The number of carbonyl (C=O) groups excluding carboxylic acids is 1. The second kappa shape index (κ2) is 6.84. The van der Waals surface area contributed by atoms with Crippen LogP contribution in [0.3, 0.4) is 0 Å². The maximum Gasteiger partial charge on any atom is 0.223 e. The van der Waals surface area contributed by atoms with Crippen molar-refractivity contribution in [3.05, 3.63) is 0 Å². The zero-order valence-electron chi connectivity index (χ0n) is 10.00. The van der Waals surface area contributed by atoms with Crippen LogP contribution in [0.1, 0.15) is 51.9 Å². The fourth-order valence-electron chi connectivity index (χ4n) is 2.23. The van der Waals surface area contributed by atoms with E-state index >= 15 is 0 Å². The predicted molar refractivity (Wildman–Crippen MR) is 70.2 cm³/mol. The summed E-state index contributed by atoms with van der Waals surface area (Å²) in [6.07, 6.45) is 7.45. The highest BCUT2D eigenvalue weighted by Crippen LogP contribution is 2.23. The molecule has 0 radical (unpaired) electrons. The Balaban J connectivity index is 2.43. The number of nitrogens with two attached hydrogens (primary N) is 1. The summed E-state index contributed by atoms with van der Waals surface area (Å²) in [6.45, 7) is 2.07. The van der Waals surface area contributed by atoms with E-state index in [9.17, 15) is 4.79 Å². The molecule has 1 saturated carbocycles. The van der Waals surface area contributed by atoms with Gasteiger partial charge in [-0.05, 0) is 19.3 Å². The van der Waals surface area contributed by atoms with Gasteiger partial charge in [-0.25, -0.2) is 0 Å². The van der Waals surface area contributed by atoms with Gasteiger partial charge < -0.3 is 11.1 Å². The lowest BCUT2D eigenvalue weighted by molar-refractivity contribution is -0.126. The highest BCUT2D eigenvalue weighted by atomic mass is 32.1. The Bertz CT molecular complexity index is 249. The Hall–Kier alpha value is -0.640. The Morgan fingerprint density at radius 3 is 2.56 bits per heavy atom. The van der Waals surface area contributed by atoms with Gasteiger partial charge in [0.25, 0.3) is 0 Å². The first-order valence-electron chi connectivity index (χ1n) is 6.24. The lowest BCUT2D eigenvalue weighted by Crippen LogP contribution is -2.46. The van der Waals surface area contributed by atoms with E-state index in [0.717, 1.165) is 25.7 Å². The zero-order valence-corrected chi connectivity index (χ0v) is 10.8. The molecule has 4 heteroatoms. The summed E-state index contributed by atoms with van der Waals surface area (Å²) in [5, 5.41) is 2.98. The lowest BCUT2D eigenvalue weighted by atomic mass is 9.88. The summed E-state index contributed by atoms with van der Waals surface area (Å²) >= 11 is 4.97. The van der Waals surface area contributed by atoms with Crippen molar-refractivity contribution < 1.29 is 4.79 Å². The van der Waals surface area contributed by atoms with Crippen molar-refractivity contribution in [2.75, 3.05) is 0 Å². The average Bonchev–Trinajstić information content (AvgIpc) is 2.29. The molecule has 0 aromatic heterocycles. The number of carbonyl (C=O) groups is 1. The van der Waals surface area contributed by atoms with Gasteiger partial charge in [-0.2, -0.15) is 0 Å². The van der Waals surface area contributed by atoms with Crippen LogP contribution < -0.4 is 11.1 Å². The molecule has 1 rings (SSSR count). The highest BCUT2D eigenvalue weighted by molar-refractivity contribution is 7.80. The Labute approximate surface area is 103 Å². The maximum atomic E-state index is 12.0. The summed E-state index contributed by atoms with van der Waals surface area (Å²) in [5.74, 6) is 0.327. The largest absolute Gasteiger partial charge is 0.392 e. The minimum Gasteiger partial charge on any atom is -0.392 e. The normalized spacial score (nSPS) is 19.1. The molecule has 0 aromatic carbocycles. The summed E-state index contributed by atoms with van der Waals surface area (Å²) < 4.78 is 0. The average molecular weight is 242 g/mol. The SMILES string of the molecule is CCCC(NC(=O)C1CCCCC1)C(N)=S. The molecule has 1 unspecified atom stereocenters. The van der Waals surface area contributed by atoms with E-state index in [1.807, 2.05) is 0 Å². The van der Waals surface area contributed by atoms with Crippen LogP contribution in [0.25, 0.3) is 0 Å².